The van der Waals surface area contributed by atoms with Crippen LogP contribution in [0.5, 0.6) is 0 Å². The van der Waals surface area contributed by atoms with Gasteiger partial charge >= 0.3 is 0 Å². The third kappa shape index (κ3) is 2.17. The van der Waals surface area contributed by atoms with Crippen molar-refractivity contribution in [2.75, 3.05) is 39.9 Å². The number of hydrogen-bond acceptors (Lipinski definition) is 1. The first-order chi connectivity index (χ1) is 5.20. The molecule has 1 heterocycles. The molecular weight excluding hydrogens is 136 g/mol. The summed E-state index contributed by atoms with van der Waals surface area (Å²) < 4.78 is 1.24. The van der Waals surface area contributed by atoms with Crippen molar-refractivity contribution in [1.82, 2.24) is 4.90 Å². The number of rotatable bonds is 2. The summed E-state index contributed by atoms with van der Waals surface area (Å²) in [5, 5.41) is 0. The lowest BCUT2D eigenvalue weighted by Crippen LogP contribution is -2.56. The second-order valence-electron chi connectivity index (χ2n) is 3.86. The van der Waals surface area contributed by atoms with Gasteiger partial charge in [0.2, 0.25) is 0 Å². The molecule has 66 valence electrons. The van der Waals surface area contributed by atoms with Gasteiger partial charge in [0.05, 0.1) is 20.1 Å². The molecule has 2 heteroatoms. The fourth-order valence-corrected chi connectivity index (χ4v) is 1.82. The Morgan fingerprint density at radius 3 is 2.64 bits per heavy atom. The zero-order valence-electron chi connectivity index (χ0n) is 8.14. The highest BCUT2D eigenvalue weighted by Crippen LogP contribution is 2.12. The topological polar surface area (TPSA) is 3.24 Å². The molecule has 0 spiro atoms. The first kappa shape index (κ1) is 9.01. The lowest BCUT2D eigenvalue weighted by atomic mass is 10.2. The summed E-state index contributed by atoms with van der Waals surface area (Å²) in [4.78, 5) is 2.55. The lowest BCUT2D eigenvalue weighted by molar-refractivity contribution is -0.923. The minimum absolute atomic E-state index is 1.22. The second kappa shape index (κ2) is 3.55. The maximum atomic E-state index is 2.55. The maximum absolute atomic E-state index is 2.55. The molecule has 1 saturated heterocycles. The zero-order valence-corrected chi connectivity index (χ0v) is 8.14. The summed E-state index contributed by atoms with van der Waals surface area (Å²) in [5.41, 5.74) is 0. The standard InChI is InChI=1S/C9H21N2/c1-4-10-7-6-8-11(3,5-2)9-10/h4-9H2,1-3H3/q+1/t11-/m1/s1. The Morgan fingerprint density at radius 1 is 1.36 bits per heavy atom. The Morgan fingerprint density at radius 2 is 2.09 bits per heavy atom. The van der Waals surface area contributed by atoms with E-state index in [1.807, 2.05) is 0 Å². The van der Waals surface area contributed by atoms with Gasteiger partial charge < -0.3 is 4.48 Å². The average molecular weight is 157 g/mol. The van der Waals surface area contributed by atoms with Gasteiger partial charge in [-0.1, -0.05) is 6.92 Å². The van der Waals surface area contributed by atoms with E-state index in [4.69, 9.17) is 0 Å². The van der Waals surface area contributed by atoms with Gasteiger partial charge in [0.1, 0.15) is 6.67 Å². The third-order valence-corrected chi connectivity index (χ3v) is 2.92. The van der Waals surface area contributed by atoms with Crippen LogP contribution in [0, 0.1) is 0 Å². The number of quaternary nitrogens is 1. The molecule has 1 rings (SSSR count). The molecular formula is C9H21N2+. The summed E-state index contributed by atoms with van der Waals surface area (Å²) in [6, 6.07) is 0. The van der Waals surface area contributed by atoms with Gasteiger partial charge in [-0.2, -0.15) is 0 Å². The number of nitrogens with zero attached hydrogens (tertiary/aromatic N) is 2. The van der Waals surface area contributed by atoms with Crippen molar-refractivity contribution in [3.05, 3.63) is 0 Å². The van der Waals surface area contributed by atoms with Gasteiger partial charge in [-0.3, -0.25) is 4.90 Å². The van der Waals surface area contributed by atoms with Gasteiger partial charge in [-0.25, -0.2) is 0 Å². The average Bonchev–Trinajstić information content (AvgIpc) is 2.05. The lowest BCUT2D eigenvalue weighted by Gasteiger charge is -2.41. The summed E-state index contributed by atoms with van der Waals surface area (Å²) in [6.45, 7) is 11.0. The molecule has 2 nitrogen and oxygen atoms in total. The Hall–Kier alpha value is -0.0800. The molecule has 0 saturated carbocycles. The summed E-state index contributed by atoms with van der Waals surface area (Å²) in [6.07, 6.45) is 1.37. The molecule has 0 aromatic rings. The van der Waals surface area contributed by atoms with E-state index >= 15 is 0 Å². The first-order valence-corrected chi connectivity index (χ1v) is 4.76. The zero-order chi connectivity index (χ0) is 8.32. The van der Waals surface area contributed by atoms with Crippen LogP contribution in [0.15, 0.2) is 0 Å². The smallest absolute Gasteiger partial charge is 0.134 e. The van der Waals surface area contributed by atoms with E-state index < -0.39 is 0 Å². The van der Waals surface area contributed by atoms with E-state index in [9.17, 15) is 0 Å². The molecule has 0 N–H and O–H groups in total. The first-order valence-electron chi connectivity index (χ1n) is 4.76. The van der Waals surface area contributed by atoms with Crippen LogP contribution in [0.2, 0.25) is 0 Å². The van der Waals surface area contributed by atoms with Crippen LogP contribution in [0.4, 0.5) is 0 Å². The van der Waals surface area contributed by atoms with Crippen molar-refractivity contribution in [2.24, 2.45) is 0 Å². The molecule has 11 heavy (non-hydrogen) atoms. The SMILES string of the molecule is CCN1CCC[N@@+](C)(CC)C1. The molecule has 0 aromatic carbocycles. The Bertz CT molecular complexity index is 125. The van der Waals surface area contributed by atoms with Gasteiger partial charge in [-0.15, -0.1) is 0 Å². The molecule has 1 aliphatic heterocycles. The van der Waals surface area contributed by atoms with Crippen LogP contribution in [-0.4, -0.2) is 49.3 Å². The highest BCUT2D eigenvalue weighted by Gasteiger charge is 2.26. The second-order valence-corrected chi connectivity index (χ2v) is 3.86. The Labute approximate surface area is 70.4 Å². The molecule has 0 radical (unpaired) electrons. The van der Waals surface area contributed by atoms with Gasteiger partial charge in [0.25, 0.3) is 0 Å². The normalized spacial score (nSPS) is 34.1. The number of hydrogen-bond donors (Lipinski definition) is 0. The van der Waals surface area contributed by atoms with E-state index in [0.29, 0.717) is 0 Å². The molecule has 0 aromatic heterocycles. The van der Waals surface area contributed by atoms with Crippen LogP contribution in [0.3, 0.4) is 0 Å². The van der Waals surface area contributed by atoms with Gasteiger partial charge in [0, 0.05) is 19.5 Å². The molecule has 1 atom stereocenters. The monoisotopic (exact) mass is 157 g/mol. The van der Waals surface area contributed by atoms with E-state index in [1.165, 1.54) is 43.8 Å². The van der Waals surface area contributed by atoms with Gasteiger partial charge in [0.15, 0.2) is 0 Å². The molecule has 0 amide bonds. The molecule has 0 aliphatic carbocycles. The van der Waals surface area contributed by atoms with Crippen LogP contribution >= 0.6 is 0 Å². The van der Waals surface area contributed by atoms with Crippen molar-refractivity contribution in [1.29, 1.82) is 0 Å². The van der Waals surface area contributed by atoms with E-state index in [1.54, 1.807) is 0 Å². The minimum Gasteiger partial charge on any atom is -0.314 e. The molecule has 1 fully saturated rings. The molecule has 0 unspecified atom stereocenters. The Balaban J connectivity index is 2.44. The van der Waals surface area contributed by atoms with Crippen molar-refractivity contribution < 1.29 is 4.48 Å². The summed E-state index contributed by atoms with van der Waals surface area (Å²) in [5.74, 6) is 0. The fourth-order valence-electron chi connectivity index (χ4n) is 1.82. The predicted molar refractivity (Wildman–Crippen MR) is 48.3 cm³/mol. The third-order valence-electron chi connectivity index (χ3n) is 2.92. The predicted octanol–water partition coefficient (Wildman–Crippen LogP) is 1.14. The van der Waals surface area contributed by atoms with Gasteiger partial charge in [-0.05, 0) is 6.92 Å². The summed E-state index contributed by atoms with van der Waals surface area (Å²) >= 11 is 0. The van der Waals surface area contributed by atoms with Crippen molar-refractivity contribution >= 4 is 0 Å². The van der Waals surface area contributed by atoms with E-state index in [-0.39, 0.29) is 0 Å². The van der Waals surface area contributed by atoms with Crippen molar-refractivity contribution in [3.63, 3.8) is 0 Å². The Kier molecular flexibility index (Phi) is 2.90. The van der Waals surface area contributed by atoms with Crippen LogP contribution in [0.25, 0.3) is 0 Å². The quantitative estimate of drug-likeness (QED) is 0.543. The van der Waals surface area contributed by atoms with Crippen LogP contribution < -0.4 is 0 Å². The van der Waals surface area contributed by atoms with Crippen LogP contribution in [-0.2, 0) is 0 Å². The maximum Gasteiger partial charge on any atom is 0.134 e. The van der Waals surface area contributed by atoms with E-state index in [2.05, 4.69) is 25.8 Å². The summed E-state index contributed by atoms with van der Waals surface area (Å²) in [7, 11) is 2.36. The molecule has 1 aliphatic rings. The largest absolute Gasteiger partial charge is 0.314 e. The fraction of sp³-hybridized carbons (Fsp3) is 1.00. The van der Waals surface area contributed by atoms with Crippen molar-refractivity contribution in [3.8, 4) is 0 Å². The highest BCUT2D eigenvalue weighted by atomic mass is 15.4. The molecule has 0 bridgehead atoms. The van der Waals surface area contributed by atoms with E-state index in [0.717, 1.165) is 0 Å². The minimum atomic E-state index is 1.22. The highest BCUT2D eigenvalue weighted by molar-refractivity contribution is 4.56. The van der Waals surface area contributed by atoms with Crippen LogP contribution in [0.1, 0.15) is 20.3 Å². The van der Waals surface area contributed by atoms with Crippen molar-refractivity contribution in [2.45, 2.75) is 20.3 Å².